The molecule has 66 valence electrons. The second kappa shape index (κ2) is 4.10. The summed E-state index contributed by atoms with van der Waals surface area (Å²) in [7, 11) is 0. The fraction of sp³-hybridized carbons (Fsp3) is 1.00. The molecule has 1 N–H and O–H groups in total. The summed E-state index contributed by atoms with van der Waals surface area (Å²) in [5, 5.41) is 9.48. The number of hydrogen-bond acceptors (Lipinski definition) is 1. The van der Waals surface area contributed by atoms with Gasteiger partial charge in [0.05, 0.1) is 6.10 Å². The molecule has 3 atom stereocenters. The Morgan fingerprint density at radius 1 is 1.36 bits per heavy atom. The molecule has 0 heterocycles. The molecule has 0 aromatic rings. The molecule has 3 unspecified atom stereocenters. The Kier molecular flexibility index (Phi) is 3.38. The van der Waals surface area contributed by atoms with Gasteiger partial charge in [-0.3, -0.25) is 0 Å². The van der Waals surface area contributed by atoms with Crippen molar-refractivity contribution < 1.29 is 5.11 Å². The number of aliphatic hydroxyl groups excluding tert-OH is 1. The van der Waals surface area contributed by atoms with Crippen molar-refractivity contribution in [2.24, 2.45) is 11.8 Å². The van der Waals surface area contributed by atoms with E-state index >= 15 is 0 Å². The van der Waals surface area contributed by atoms with Crippen molar-refractivity contribution in [3.05, 3.63) is 0 Å². The highest BCUT2D eigenvalue weighted by atomic mass is 16.3. The van der Waals surface area contributed by atoms with Crippen LogP contribution in [-0.4, -0.2) is 11.2 Å². The van der Waals surface area contributed by atoms with Gasteiger partial charge in [-0.05, 0) is 25.2 Å². The molecule has 0 aliphatic heterocycles. The van der Waals surface area contributed by atoms with Crippen molar-refractivity contribution >= 4 is 0 Å². The second-order valence-electron chi connectivity index (χ2n) is 3.86. The highest BCUT2D eigenvalue weighted by Gasteiger charge is 2.26. The molecule has 1 nitrogen and oxygen atoms in total. The molecule has 1 heteroatoms. The molecule has 1 aliphatic carbocycles. The van der Waals surface area contributed by atoms with Gasteiger partial charge in [-0.2, -0.15) is 0 Å². The van der Waals surface area contributed by atoms with Crippen molar-refractivity contribution in [3.63, 3.8) is 0 Å². The molecule has 1 saturated carbocycles. The monoisotopic (exact) mass is 156 g/mol. The van der Waals surface area contributed by atoms with Crippen LogP contribution < -0.4 is 0 Å². The largest absolute Gasteiger partial charge is 0.393 e. The predicted molar refractivity (Wildman–Crippen MR) is 47.4 cm³/mol. The van der Waals surface area contributed by atoms with Gasteiger partial charge in [0.25, 0.3) is 0 Å². The lowest BCUT2D eigenvalue weighted by Crippen LogP contribution is -2.28. The summed E-state index contributed by atoms with van der Waals surface area (Å²) in [4.78, 5) is 0. The minimum Gasteiger partial charge on any atom is -0.393 e. The first kappa shape index (κ1) is 9.05. The summed E-state index contributed by atoms with van der Waals surface area (Å²) in [5.74, 6) is 1.39. The first-order valence-electron chi connectivity index (χ1n) is 4.93. The second-order valence-corrected chi connectivity index (χ2v) is 3.86. The van der Waals surface area contributed by atoms with E-state index in [2.05, 4.69) is 6.92 Å². The first-order chi connectivity index (χ1) is 5.25. The van der Waals surface area contributed by atoms with Crippen LogP contribution in [0.25, 0.3) is 0 Å². The van der Waals surface area contributed by atoms with Crippen LogP contribution in [0, 0.1) is 11.8 Å². The average Bonchev–Trinajstić information content (AvgIpc) is 2.04. The molecule has 11 heavy (non-hydrogen) atoms. The number of hydrogen-bond donors (Lipinski definition) is 1. The molecule has 0 aromatic carbocycles. The van der Waals surface area contributed by atoms with E-state index in [1.54, 1.807) is 0 Å². The Labute approximate surface area is 69.8 Å². The minimum absolute atomic E-state index is 0.0831. The predicted octanol–water partition coefficient (Wildman–Crippen LogP) is 2.58. The standard InChI is InChI=1S/C10H20O/c1-3-9-6-4-5-7-10(9)8(2)11/h8-11H,3-7H2,1-2H3. The van der Waals surface area contributed by atoms with E-state index in [0.29, 0.717) is 5.92 Å². The summed E-state index contributed by atoms with van der Waals surface area (Å²) in [6.45, 7) is 4.18. The van der Waals surface area contributed by atoms with E-state index in [9.17, 15) is 5.11 Å². The van der Waals surface area contributed by atoms with Crippen molar-refractivity contribution in [1.29, 1.82) is 0 Å². The fourth-order valence-electron chi connectivity index (χ4n) is 2.38. The summed E-state index contributed by atoms with van der Waals surface area (Å²) in [5.41, 5.74) is 0. The van der Waals surface area contributed by atoms with Crippen molar-refractivity contribution in [3.8, 4) is 0 Å². The van der Waals surface area contributed by atoms with Gasteiger partial charge in [-0.25, -0.2) is 0 Å². The Morgan fingerprint density at radius 2 is 2.00 bits per heavy atom. The molecule has 0 saturated heterocycles. The molecule has 1 aliphatic rings. The zero-order chi connectivity index (χ0) is 8.27. The molecule has 0 radical (unpaired) electrons. The quantitative estimate of drug-likeness (QED) is 0.651. The highest BCUT2D eigenvalue weighted by Crippen LogP contribution is 2.34. The van der Waals surface area contributed by atoms with E-state index in [1.807, 2.05) is 6.92 Å². The molecule has 1 fully saturated rings. The smallest absolute Gasteiger partial charge is 0.0542 e. The van der Waals surface area contributed by atoms with E-state index in [-0.39, 0.29) is 6.10 Å². The van der Waals surface area contributed by atoms with E-state index in [4.69, 9.17) is 0 Å². The van der Waals surface area contributed by atoms with Gasteiger partial charge in [-0.15, -0.1) is 0 Å². The van der Waals surface area contributed by atoms with Gasteiger partial charge in [-0.1, -0.05) is 32.6 Å². The van der Waals surface area contributed by atoms with Crippen LogP contribution in [0.4, 0.5) is 0 Å². The molecular weight excluding hydrogens is 136 g/mol. The summed E-state index contributed by atoms with van der Waals surface area (Å²) in [6, 6.07) is 0. The van der Waals surface area contributed by atoms with Crippen molar-refractivity contribution in [2.75, 3.05) is 0 Å². The topological polar surface area (TPSA) is 20.2 Å². The summed E-state index contributed by atoms with van der Waals surface area (Å²) < 4.78 is 0. The SMILES string of the molecule is CCC1CCCCC1C(C)O. The van der Waals surface area contributed by atoms with Gasteiger partial charge in [0.2, 0.25) is 0 Å². The van der Waals surface area contributed by atoms with Crippen LogP contribution in [0.15, 0.2) is 0 Å². The summed E-state index contributed by atoms with van der Waals surface area (Å²) in [6.07, 6.45) is 6.45. The van der Waals surface area contributed by atoms with E-state index in [0.717, 1.165) is 5.92 Å². The maximum Gasteiger partial charge on any atom is 0.0542 e. The molecule has 0 bridgehead atoms. The lowest BCUT2D eigenvalue weighted by atomic mass is 9.75. The Morgan fingerprint density at radius 3 is 2.45 bits per heavy atom. The van der Waals surface area contributed by atoms with Gasteiger partial charge >= 0.3 is 0 Å². The lowest BCUT2D eigenvalue weighted by Gasteiger charge is -2.32. The van der Waals surface area contributed by atoms with Gasteiger partial charge in [0.15, 0.2) is 0 Å². The van der Waals surface area contributed by atoms with Crippen LogP contribution in [0.1, 0.15) is 46.0 Å². The molecular formula is C10H20O. The van der Waals surface area contributed by atoms with Crippen LogP contribution in [0.2, 0.25) is 0 Å². The van der Waals surface area contributed by atoms with Crippen LogP contribution >= 0.6 is 0 Å². The van der Waals surface area contributed by atoms with Crippen LogP contribution in [-0.2, 0) is 0 Å². The molecule has 0 spiro atoms. The first-order valence-corrected chi connectivity index (χ1v) is 4.93. The van der Waals surface area contributed by atoms with Crippen LogP contribution in [0.3, 0.4) is 0 Å². The third-order valence-electron chi connectivity index (χ3n) is 3.11. The van der Waals surface area contributed by atoms with Gasteiger partial charge < -0.3 is 5.11 Å². The normalized spacial score (nSPS) is 35.2. The van der Waals surface area contributed by atoms with Gasteiger partial charge in [0, 0.05) is 0 Å². The average molecular weight is 156 g/mol. The number of aliphatic hydroxyl groups is 1. The maximum atomic E-state index is 9.48. The maximum absolute atomic E-state index is 9.48. The Hall–Kier alpha value is -0.0400. The number of rotatable bonds is 2. The van der Waals surface area contributed by atoms with Crippen molar-refractivity contribution in [2.45, 2.75) is 52.1 Å². The summed E-state index contributed by atoms with van der Waals surface area (Å²) >= 11 is 0. The fourth-order valence-corrected chi connectivity index (χ4v) is 2.38. The lowest BCUT2D eigenvalue weighted by molar-refractivity contribution is 0.0596. The molecule has 0 amide bonds. The zero-order valence-electron chi connectivity index (χ0n) is 7.71. The highest BCUT2D eigenvalue weighted by molar-refractivity contribution is 4.77. The van der Waals surface area contributed by atoms with Crippen LogP contribution in [0.5, 0.6) is 0 Å². The Balaban J connectivity index is 2.44. The molecule has 0 aromatic heterocycles. The minimum atomic E-state index is -0.0831. The third kappa shape index (κ3) is 2.19. The Bertz CT molecular complexity index is 109. The van der Waals surface area contributed by atoms with Gasteiger partial charge in [0.1, 0.15) is 0 Å². The van der Waals surface area contributed by atoms with Crippen molar-refractivity contribution in [1.82, 2.24) is 0 Å². The third-order valence-corrected chi connectivity index (χ3v) is 3.11. The molecule has 1 rings (SSSR count). The van der Waals surface area contributed by atoms with E-state index in [1.165, 1.54) is 32.1 Å². The van der Waals surface area contributed by atoms with E-state index < -0.39 is 0 Å². The zero-order valence-corrected chi connectivity index (χ0v) is 7.71.